The number of piperazine rings is 1. The van der Waals surface area contributed by atoms with E-state index in [1.54, 1.807) is 18.7 Å². The van der Waals surface area contributed by atoms with Crippen LogP contribution < -0.4 is 5.32 Å². The van der Waals surface area contributed by atoms with E-state index in [4.69, 9.17) is 0 Å². The SMILES string of the molecule is C/C=C/CN1C(=O)C(C(C)(C)C)NC(=O)C1(C)C. The summed E-state index contributed by atoms with van der Waals surface area (Å²) in [6.07, 6.45) is 3.79. The van der Waals surface area contributed by atoms with Crippen LogP contribution in [0.5, 0.6) is 0 Å². The highest BCUT2D eigenvalue weighted by molar-refractivity contribution is 5.99. The smallest absolute Gasteiger partial charge is 0.246 e. The summed E-state index contributed by atoms with van der Waals surface area (Å²) in [6, 6.07) is -0.455. The maximum absolute atomic E-state index is 12.5. The lowest BCUT2D eigenvalue weighted by Crippen LogP contribution is -2.70. The number of nitrogens with one attached hydrogen (secondary N) is 1. The summed E-state index contributed by atoms with van der Waals surface area (Å²) in [5, 5.41) is 2.85. The predicted octanol–water partition coefficient (Wildman–Crippen LogP) is 1.71. The summed E-state index contributed by atoms with van der Waals surface area (Å²) in [4.78, 5) is 26.3. The Bertz CT molecular complexity index is 378. The van der Waals surface area contributed by atoms with Crippen LogP contribution in [-0.4, -0.2) is 34.8 Å². The number of amides is 2. The van der Waals surface area contributed by atoms with Crippen LogP contribution in [-0.2, 0) is 9.59 Å². The topological polar surface area (TPSA) is 49.4 Å². The van der Waals surface area contributed by atoms with Crippen LogP contribution in [0.25, 0.3) is 0 Å². The second-order valence-electron chi connectivity index (χ2n) is 6.35. The first kappa shape index (κ1) is 14.7. The van der Waals surface area contributed by atoms with Crippen LogP contribution in [0.4, 0.5) is 0 Å². The Labute approximate surface area is 109 Å². The van der Waals surface area contributed by atoms with Gasteiger partial charge in [-0.25, -0.2) is 0 Å². The lowest BCUT2D eigenvalue weighted by atomic mass is 9.82. The van der Waals surface area contributed by atoms with E-state index in [0.29, 0.717) is 6.54 Å². The maximum atomic E-state index is 12.5. The summed E-state index contributed by atoms with van der Waals surface area (Å²) >= 11 is 0. The highest BCUT2D eigenvalue weighted by Gasteiger charge is 2.49. The molecule has 4 heteroatoms. The van der Waals surface area contributed by atoms with E-state index < -0.39 is 11.6 Å². The first-order valence-electron chi connectivity index (χ1n) is 6.36. The molecule has 102 valence electrons. The van der Waals surface area contributed by atoms with Gasteiger partial charge in [0.2, 0.25) is 11.8 Å². The molecule has 4 nitrogen and oxygen atoms in total. The van der Waals surface area contributed by atoms with Gasteiger partial charge in [-0.3, -0.25) is 9.59 Å². The fourth-order valence-electron chi connectivity index (χ4n) is 2.04. The molecule has 0 aromatic rings. The van der Waals surface area contributed by atoms with Gasteiger partial charge in [-0.05, 0) is 26.2 Å². The van der Waals surface area contributed by atoms with Gasteiger partial charge in [-0.2, -0.15) is 0 Å². The molecule has 1 aliphatic heterocycles. The fraction of sp³-hybridized carbons (Fsp3) is 0.714. The highest BCUT2D eigenvalue weighted by atomic mass is 16.2. The fourth-order valence-corrected chi connectivity index (χ4v) is 2.04. The summed E-state index contributed by atoms with van der Waals surface area (Å²) in [5.41, 5.74) is -1.07. The molecule has 0 bridgehead atoms. The van der Waals surface area contributed by atoms with Crippen LogP contribution in [0.3, 0.4) is 0 Å². The summed E-state index contributed by atoms with van der Waals surface area (Å²) in [5.74, 6) is -0.100. The van der Waals surface area contributed by atoms with Crippen LogP contribution in [0, 0.1) is 5.41 Å². The summed E-state index contributed by atoms with van der Waals surface area (Å²) in [6.45, 7) is 11.8. The van der Waals surface area contributed by atoms with E-state index in [9.17, 15) is 9.59 Å². The second kappa shape index (κ2) is 4.75. The Hall–Kier alpha value is -1.32. The molecule has 0 aliphatic carbocycles. The molecular weight excluding hydrogens is 228 g/mol. The van der Waals surface area contributed by atoms with E-state index in [1.807, 2.05) is 39.8 Å². The van der Waals surface area contributed by atoms with E-state index in [2.05, 4.69) is 5.32 Å². The van der Waals surface area contributed by atoms with Crippen molar-refractivity contribution >= 4 is 11.8 Å². The average molecular weight is 252 g/mol. The molecule has 1 N–H and O–H groups in total. The third-order valence-corrected chi connectivity index (χ3v) is 3.41. The van der Waals surface area contributed by atoms with Crippen molar-refractivity contribution < 1.29 is 9.59 Å². The lowest BCUT2D eigenvalue weighted by Gasteiger charge is -2.47. The number of carbonyl (C=O) groups is 2. The van der Waals surface area contributed by atoms with Crippen molar-refractivity contribution in [2.24, 2.45) is 5.41 Å². The number of rotatable bonds is 2. The van der Waals surface area contributed by atoms with Crippen molar-refractivity contribution in [2.45, 2.75) is 53.1 Å². The number of hydrogen-bond donors (Lipinski definition) is 1. The van der Waals surface area contributed by atoms with E-state index in [0.717, 1.165) is 0 Å². The number of allylic oxidation sites excluding steroid dienone is 1. The summed E-state index contributed by atoms with van der Waals surface area (Å²) in [7, 11) is 0. The first-order valence-corrected chi connectivity index (χ1v) is 6.36. The van der Waals surface area contributed by atoms with Crippen LogP contribution >= 0.6 is 0 Å². The minimum atomic E-state index is -0.793. The molecule has 18 heavy (non-hydrogen) atoms. The zero-order valence-corrected chi connectivity index (χ0v) is 12.2. The van der Waals surface area contributed by atoms with E-state index >= 15 is 0 Å². The molecule has 1 rings (SSSR count). The van der Waals surface area contributed by atoms with Crippen LogP contribution in [0.2, 0.25) is 0 Å². The van der Waals surface area contributed by atoms with Gasteiger partial charge >= 0.3 is 0 Å². The molecule has 1 unspecified atom stereocenters. The summed E-state index contributed by atoms with van der Waals surface area (Å²) < 4.78 is 0. The molecule has 0 spiro atoms. The quantitative estimate of drug-likeness (QED) is 0.761. The number of carbonyl (C=O) groups excluding carboxylic acids is 2. The number of hydrogen-bond acceptors (Lipinski definition) is 2. The van der Waals surface area contributed by atoms with Gasteiger partial charge in [-0.1, -0.05) is 32.9 Å². The third-order valence-electron chi connectivity index (χ3n) is 3.41. The Morgan fingerprint density at radius 3 is 2.33 bits per heavy atom. The Morgan fingerprint density at radius 1 is 1.33 bits per heavy atom. The minimum absolute atomic E-state index is 0.00907. The van der Waals surface area contributed by atoms with Crippen molar-refractivity contribution in [3.05, 3.63) is 12.2 Å². The van der Waals surface area contributed by atoms with Crippen LogP contribution in [0.1, 0.15) is 41.5 Å². The average Bonchev–Trinajstić information content (AvgIpc) is 2.22. The van der Waals surface area contributed by atoms with Crippen molar-refractivity contribution in [3.8, 4) is 0 Å². The van der Waals surface area contributed by atoms with Crippen LogP contribution in [0.15, 0.2) is 12.2 Å². The molecule has 2 amide bonds. The van der Waals surface area contributed by atoms with Crippen molar-refractivity contribution in [2.75, 3.05) is 6.54 Å². The van der Waals surface area contributed by atoms with Gasteiger partial charge in [0.25, 0.3) is 0 Å². The molecule has 0 radical (unpaired) electrons. The zero-order chi connectivity index (χ0) is 14.1. The van der Waals surface area contributed by atoms with E-state index in [1.165, 1.54) is 0 Å². The maximum Gasteiger partial charge on any atom is 0.246 e. The molecule has 1 atom stereocenters. The van der Waals surface area contributed by atoms with Gasteiger partial charge in [0, 0.05) is 6.54 Å². The molecule has 0 aromatic heterocycles. The predicted molar refractivity (Wildman–Crippen MR) is 72.0 cm³/mol. The third kappa shape index (κ3) is 2.57. The Kier molecular flexibility index (Phi) is 3.89. The minimum Gasteiger partial charge on any atom is -0.342 e. The monoisotopic (exact) mass is 252 g/mol. The molecular formula is C14H24N2O2. The second-order valence-corrected chi connectivity index (χ2v) is 6.35. The molecule has 1 saturated heterocycles. The van der Waals surface area contributed by atoms with Crippen molar-refractivity contribution in [3.63, 3.8) is 0 Å². The van der Waals surface area contributed by atoms with Gasteiger partial charge in [0.05, 0.1) is 0 Å². The molecule has 0 saturated carbocycles. The standard InChI is InChI=1S/C14H24N2O2/c1-7-8-9-16-11(17)10(13(2,3)4)15-12(18)14(16,5)6/h7-8,10H,9H2,1-6H3,(H,15,18)/b8-7+. The van der Waals surface area contributed by atoms with Gasteiger partial charge in [0.1, 0.15) is 11.6 Å². The molecule has 1 fully saturated rings. The molecule has 1 aliphatic rings. The molecule has 0 aromatic carbocycles. The van der Waals surface area contributed by atoms with Gasteiger partial charge in [0.15, 0.2) is 0 Å². The Balaban J connectivity index is 3.09. The first-order chi connectivity index (χ1) is 8.12. The van der Waals surface area contributed by atoms with Crippen molar-refractivity contribution in [1.82, 2.24) is 10.2 Å². The largest absolute Gasteiger partial charge is 0.342 e. The highest BCUT2D eigenvalue weighted by Crippen LogP contribution is 2.29. The normalized spacial score (nSPS) is 24.6. The number of nitrogens with zero attached hydrogens (tertiary/aromatic N) is 1. The Morgan fingerprint density at radius 2 is 1.89 bits per heavy atom. The zero-order valence-electron chi connectivity index (χ0n) is 12.2. The lowest BCUT2D eigenvalue weighted by molar-refractivity contribution is -0.157. The van der Waals surface area contributed by atoms with Gasteiger partial charge in [-0.15, -0.1) is 0 Å². The van der Waals surface area contributed by atoms with E-state index in [-0.39, 0.29) is 17.2 Å². The van der Waals surface area contributed by atoms with Gasteiger partial charge < -0.3 is 10.2 Å². The molecule has 1 heterocycles. The van der Waals surface area contributed by atoms with Crippen molar-refractivity contribution in [1.29, 1.82) is 0 Å².